The average Bonchev–Trinajstić information content (AvgIpc) is 1.80. The monoisotopic (exact) mass is 170 g/mol. The first-order valence-electron chi connectivity index (χ1n) is 4.95. The van der Waals surface area contributed by atoms with Crippen LogP contribution in [0.3, 0.4) is 0 Å². The lowest BCUT2D eigenvalue weighted by molar-refractivity contribution is 0.0233. The molecule has 0 aromatic heterocycles. The van der Waals surface area contributed by atoms with Crippen LogP contribution in [-0.4, -0.2) is 35.6 Å². The molecule has 0 spiro atoms. The first kappa shape index (κ1) is 10.0. The standard InChI is InChI=1S/C10H22N2/c1-8(2)11-10(5)6-12(7-10)9(3)4/h8-9,11H,6-7H2,1-5H3. The van der Waals surface area contributed by atoms with Crippen molar-refractivity contribution in [1.82, 2.24) is 10.2 Å². The van der Waals surface area contributed by atoms with Crippen LogP contribution >= 0.6 is 0 Å². The highest BCUT2D eigenvalue weighted by Gasteiger charge is 2.39. The summed E-state index contributed by atoms with van der Waals surface area (Å²) in [6.07, 6.45) is 0. The van der Waals surface area contributed by atoms with E-state index < -0.39 is 0 Å². The molecular weight excluding hydrogens is 148 g/mol. The quantitative estimate of drug-likeness (QED) is 0.690. The Balaban J connectivity index is 2.30. The van der Waals surface area contributed by atoms with Gasteiger partial charge in [0.1, 0.15) is 0 Å². The van der Waals surface area contributed by atoms with E-state index >= 15 is 0 Å². The molecule has 0 aromatic carbocycles. The molecular formula is C10H22N2. The summed E-state index contributed by atoms with van der Waals surface area (Å²) in [6.45, 7) is 13.6. The summed E-state index contributed by atoms with van der Waals surface area (Å²) >= 11 is 0. The molecule has 1 saturated heterocycles. The van der Waals surface area contributed by atoms with E-state index in [9.17, 15) is 0 Å². The summed E-state index contributed by atoms with van der Waals surface area (Å²) in [4.78, 5) is 2.50. The minimum atomic E-state index is 0.373. The number of hydrogen-bond acceptors (Lipinski definition) is 2. The third-order valence-electron chi connectivity index (χ3n) is 2.47. The van der Waals surface area contributed by atoms with Crippen LogP contribution < -0.4 is 5.32 Å². The first-order chi connectivity index (χ1) is 5.43. The zero-order valence-electron chi connectivity index (χ0n) is 9.02. The summed E-state index contributed by atoms with van der Waals surface area (Å²) in [5.41, 5.74) is 0.373. The van der Waals surface area contributed by atoms with Gasteiger partial charge >= 0.3 is 0 Å². The number of hydrogen-bond donors (Lipinski definition) is 1. The molecule has 1 aliphatic heterocycles. The third-order valence-corrected chi connectivity index (χ3v) is 2.47. The highest BCUT2D eigenvalue weighted by Crippen LogP contribution is 2.22. The zero-order valence-corrected chi connectivity index (χ0v) is 9.02. The maximum absolute atomic E-state index is 3.60. The lowest BCUT2D eigenvalue weighted by atomic mass is 9.90. The Bertz CT molecular complexity index is 146. The SMILES string of the molecule is CC(C)NC1(C)CN(C(C)C)C1. The van der Waals surface area contributed by atoms with Crippen LogP contribution in [0.25, 0.3) is 0 Å². The molecule has 0 aromatic rings. The Kier molecular flexibility index (Phi) is 2.79. The molecule has 1 aliphatic rings. The van der Waals surface area contributed by atoms with Gasteiger partial charge in [-0.25, -0.2) is 0 Å². The minimum Gasteiger partial charge on any atom is -0.307 e. The normalized spacial score (nSPS) is 23.2. The van der Waals surface area contributed by atoms with Crippen molar-refractivity contribution >= 4 is 0 Å². The molecule has 0 bridgehead atoms. The van der Waals surface area contributed by atoms with Crippen molar-refractivity contribution in [2.24, 2.45) is 0 Å². The van der Waals surface area contributed by atoms with E-state index in [0.29, 0.717) is 17.6 Å². The topological polar surface area (TPSA) is 15.3 Å². The maximum atomic E-state index is 3.60. The largest absolute Gasteiger partial charge is 0.307 e. The van der Waals surface area contributed by atoms with Crippen LogP contribution in [0.4, 0.5) is 0 Å². The van der Waals surface area contributed by atoms with Gasteiger partial charge in [0.15, 0.2) is 0 Å². The number of rotatable bonds is 3. The first-order valence-corrected chi connectivity index (χ1v) is 4.95. The zero-order chi connectivity index (χ0) is 9.35. The molecule has 2 heteroatoms. The molecule has 1 fully saturated rings. The summed E-state index contributed by atoms with van der Waals surface area (Å²) in [5.74, 6) is 0. The van der Waals surface area contributed by atoms with E-state index in [1.54, 1.807) is 0 Å². The van der Waals surface area contributed by atoms with E-state index in [1.165, 1.54) is 13.1 Å². The van der Waals surface area contributed by atoms with Crippen molar-refractivity contribution in [1.29, 1.82) is 0 Å². The average molecular weight is 170 g/mol. The van der Waals surface area contributed by atoms with E-state index in [2.05, 4.69) is 44.8 Å². The Hall–Kier alpha value is -0.0800. The number of nitrogens with one attached hydrogen (secondary N) is 1. The number of nitrogens with zero attached hydrogens (tertiary/aromatic N) is 1. The Morgan fingerprint density at radius 1 is 1.17 bits per heavy atom. The van der Waals surface area contributed by atoms with E-state index in [4.69, 9.17) is 0 Å². The molecule has 72 valence electrons. The molecule has 1 N–H and O–H groups in total. The van der Waals surface area contributed by atoms with E-state index in [-0.39, 0.29) is 0 Å². The van der Waals surface area contributed by atoms with Gasteiger partial charge in [0.25, 0.3) is 0 Å². The molecule has 12 heavy (non-hydrogen) atoms. The highest BCUT2D eigenvalue weighted by atomic mass is 15.3. The smallest absolute Gasteiger partial charge is 0.0410 e. The van der Waals surface area contributed by atoms with Gasteiger partial charge in [0.05, 0.1) is 0 Å². The Morgan fingerprint density at radius 2 is 1.67 bits per heavy atom. The van der Waals surface area contributed by atoms with Crippen molar-refractivity contribution in [2.75, 3.05) is 13.1 Å². The van der Waals surface area contributed by atoms with Gasteiger partial charge in [0, 0.05) is 30.7 Å². The fourth-order valence-corrected chi connectivity index (χ4v) is 2.00. The molecule has 0 unspecified atom stereocenters. The minimum absolute atomic E-state index is 0.373. The van der Waals surface area contributed by atoms with Gasteiger partial charge < -0.3 is 5.32 Å². The molecule has 1 rings (SSSR count). The van der Waals surface area contributed by atoms with Crippen LogP contribution in [0.1, 0.15) is 34.6 Å². The van der Waals surface area contributed by atoms with E-state index in [1.807, 2.05) is 0 Å². The molecule has 0 atom stereocenters. The summed E-state index contributed by atoms with van der Waals surface area (Å²) in [5, 5.41) is 3.60. The van der Waals surface area contributed by atoms with Gasteiger partial charge in [-0.3, -0.25) is 4.90 Å². The maximum Gasteiger partial charge on any atom is 0.0410 e. The van der Waals surface area contributed by atoms with Crippen LogP contribution in [0.5, 0.6) is 0 Å². The van der Waals surface area contributed by atoms with Gasteiger partial charge in [-0.15, -0.1) is 0 Å². The van der Waals surface area contributed by atoms with Gasteiger partial charge in [-0.05, 0) is 20.8 Å². The van der Waals surface area contributed by atoms with Gasteiger partial charge in [-0.1, -0.05) is 13.8 Å². The van der Waals surface area contributed by atoms with Crippen molar-refractivity contribution in [3.05, 3.63) is 0 Å². The number of likely N-dealkylation sites (tertiary alicyclic amines) is 1. The van der Waals surface area contributed by atoms with Gasteiger partial charge in [-0.2, -0.15) is 0 Å². The second-order valence-electron chi connectivity index (χ2n) is 4.86. The molecule has 0 aliphatic carbocycles. The lowest BCUT2D eigenvalue weighted by Crippen LogP contribution is -2.69. The predicted octanol–water partition coefficient (Wildman–Crippen LogP) is 1.47. The molecule has 0 amide bonds. The van der Waals surface area contributed by atoms with Crippen LogP contribution in [0, 0.1) is 0 Å². The third kappa shape index (κ3) is 2.20. The van der Waals surface area contributed by atoms with Crippen LogP contribution in [0.15, 0.2) is 0 Å². The lowest BCUT2D eigenvalue weighted by Gasteiger charge is -2.51. The molecule has 0 radical (unpaired) electrons. The fraction of sp³-hybridized carbons (Fsp3) is 1.00. The summed E-state index contributed by atoms with van der Waals surface area (Å²) < 4.78 is 0. The van der Waals surface area contributed by atoms with Gasteiger partial charge in [0.2, 0.25) is 0 Å². The van der Waals surface area contributed by atoms with E-state index in [0.717, 1.165) is 0 Å². The van der Waals surface area contributed by atoms with Crippen molar-refractivity contribution < 1.29 is 0 Å². The van der Waals surface area contributed by atoms with Crippen molar-refractivity contribution in [2.45, 2.75) is 52.2 Å². The molecule has 1 heterocycles. The molecule has 0 saturated carbocycles. The van der Waals surface area contributed by atoms with Crippen LogP contribution in [0.2, 0.25) is 0 Å². The van der Waals surface area contributed by atoms with Crippen molar-refractivity contribution in [3.8, 4) is 0 Å². The van der Waals surface area contributed by atoms with Crippen molar-refractivity contribution in [3.63, 3.8) is 0 Å². The molecule has 2 nitrogen and oxygen atoms in total. The Labute approximate surface area is 76.3 Å². The fourth-order valence-electron chi connectivity index (χ4n) is 2.00. The second-order valence-corrected chi connectivity index (χ2v) is 4.86. The predicted molar refractivity (Wildman–Crippen MR) is 53.4 cm³/mol. The highest BCUT2D eigenvalue weighted by molar-refractivity contribution is 5.00. The second kappa shape index (κ2) is 3.35. The summed E-state index contributed by atoms with van der Waals surface area (Å²) in [6, 6.07) is 1.30. The Morgan fingerprint density at radius 3 is 2.00 bits per heavy atom. The summed E-state index contributed by atoms with van der Waals surface area (Å²) in [7, 11) is 0. The van der Waals surface area contributed by atoms with Crippen LogP contribution in [-0.2, 0) is 0 Å².